The Labute approximate surface area is 237 Å². The topological polar surface area (TPSA) is 95.7 Å². The van der Waals surface area contributed by atoms with E-state index in [1.807, 2.05) is 0 Å². The summed E-state index contributed by atoms with van der Waals surface area (Å²) < 4.78 is 94.3. The van der Waals surface area contributed by atoms with Gasteiger partial charge in [0.25, 0.3) is 12.9 Å². The van der Waals surface area contributed by atoms with E-state index in [1.54, 1.807) is 5.38 Å². The van der Waals surface area contributed by atoms with Crippen LogP contribution in [0.5, 0.6) is 0 Å². The second-order valence-corrected chi connectivity index (χ2v) is 12.0. The van der Waals surface area contributed by atoms with Crippen molar-refractivity contribution in [2.45, 2.75) is 56.1 Å². The fraction of sp³-hybridized carbons (Fsp3) is 0.440. The second-order valence-electron chi connectivity index (χ2n) is 9.56. The van der Waals surface area contributed by atoms with Gasteiger partial charge in [0.15, 0.2) is 11.5 Å². The van der Waals surface area contributed by atoms with Gasteiger partial charge in [-0.25, -0.2) is 31.3 Å². The molecule has 4 unspecified atom stereocenters. The first-order valence-corrected chi connectivity index (χ1v) is 14.9. The van der Waals surface area contributed by atoms with Gasteiger partial charge < -0.3 is 9.39 Å². The van der Waals surface area contributed by atoms with Crippen LogP contribution >= 0.6 is 11.3 Å². The number of nitrogens with zero attached hydrogens (tertiary/aromatic N) is 5. The van der Waals surface area contributed by atoms with Crippen LogP contribution < -0.4 is 0 Å². The fourth-order valence-electron chi connectivity index (χ4n) is 4.94. The minimum Gasteiger partial charge on any atom is -0.615 e. The van der Waals surface area contributed by atoms with Crippen LogP contribution in [-0.4, -0.2) is 54.0 Å². The van der Waals surface area contributed by atoms with Gasteiger partial charge in [-0.2, -0.15) is 5.10 Å². The standard InChI is InChI=1S/C25H23F6N5O3S2/c1-41(38)21-7-12(5-6-35(21)20(37)10-36-18(24(30)31)8-16(33-36)23(28)29)25-32-17(11-40-25)15-9-19(39-34-15)22-13(26)3-2-4-14(22)27/h2-4,8,11-12,19,21,23-24H,5-7,9-10H2,1H3. The molecule has 1 aromatic carbocycles. The smallest absolute Gasteiger partial charge is 0.282 e. The zero-order chi connectivity index (χ0) is 29.4. The molecular weight excluding hydrogens is 596 g/mol. The number of rotatable bonds is 8. The fourth-order valence-corrected chi connectivity index (χ4v) is 7.00. The summed E-state index contributed by atoms with van der Waals surface area (Å²) in [6.45, 7) is -0.565. The Balaban J connectivity index is 1.26. The third-order valence-corrected chi connectivity index (χ3v) is 9.20. The number of likely N-dealkylation sites (tertiary alicyclic amines) is 1. The van der Waals surface area contributed by atoms with Crippen molar-refractivity contribution in [1.29, 1.82) is 0 Å². The molecule has 16 heteroatoms. The zero-order valence-corrected chi connectivity index (χ0v) is 23.0. The van der Waals surface area contributed by atoms with Crippen LogP contribution in [0.4, 0.5) is 26.3 Å². The van der Waals surface area contributed by atoms with E-state index in [2.05, 4.69) is 15.2 Å². The highest BCUT2D eigenvalue weighted by atomic mass is 32.2. The van der Waals surface area contributed by atoms with E-state index in [0.717, 1.165) is 12.1 Å². The molecule has 0 radical (unpaired) electrons. The highest BCUT2D eigenvalue weighted by molar-refractivity contribution is 7.91. The number of benzene rings is 1. The van der Waals surface area contributed by atoms with E-state index in [-0.39, 0.29) is 30.9 Å². The van der Waals surface area contributed by atoms with Crippen molar-refractivity contribution in [2.24, 2.45) is 5.16 Å². The summed E-state index contributed by atoms with van der Waals surface area (Å²) in [6.07, 6.45) is -4.92. The van der Waals surface area contributed by atoms with Crippen LogP contribution in [0.3, 0.4) is 0 Å². The van der Waals surface area contributed by atoms with Crippen molar-refractivity contribution in [3.63, 3.8) is 0 Å². The van der Waals surface area contributed by atoms with Gasteiger partial charge in [0, 0.05) is 30.7 Å². The quantitative estimate of drug-likeness (QED) is 0.246. The van der Waals surface area contributed by atoms with Crippen molar-refractivity contribution in [2.75, 3.05) is 12.8 Å². The number of alkyl halides is 4. The van der Waals surface area contributed by atoms with Crippen LogP contribution in [0.25, 0.3) is 0 Å². The number of piperidine rings is 1. The number of thiazole rings is 1. The Morgan fingerprint density at radius 3 is 2.61 bits per heavy atom. The summed E-state index contributed by atoms with van der Waals surface area (Å²) in [4.78, 5) is 24.3. The predicted octanol–water partition coefficient (Wildman–Crippen LogP) is 5.47. The lowest BCUT2D eigenvalue weighted by Gasteiger charge is -2.38. The van der Waals surface area contributed by atoms with Gasteiger partial charge in [-0.05, 0) is 35.8 Å². The number of hydrogen-bond donors (Lipinski definition) is 0. The molecule has 5 rings (SSSR count). The number of halogens is 6. The molecule has 0 saturated carbocycles. The zero-order valence-electron chi connectivity index (χ0n) is 21.4. The summed E-state index contributed by atoms with van der Waals surface area (Å²) >= 11 is -0.211. The number of carbonyl (C=O) groups is 1. The molecule has 2 aliphatic heterocycles. The van der Waals surface area contributed by atoms with Gasteiger partial charge in [0.2, 0.25) is 5.91 Å². The molecule has 2 aliphatic rings. The van der Waals surface area contributed by atoms with Crippen LogP contribution in [0.2, 0.25) is 0 Å². The molecule has 0 bridgehead atoms. The largest absolute Gasteiger partial charge is 0.615 e. The van der Waals surface area contributed by atoms with E-state index in [1.165, 1.54) is 28.6 Å². The monoisotopic (exact) mass is 619 g/mol. The third kappa shape index (κ3) is 6.09. The number of carbonyl (C=O) groups excluding carboxylic acids is 1. The maximum Gasteiger partial charge on any atom is 0.282 e. The molecule has 0 N–H and O–H groups in total. The normalized spacial score (nSPS) is 21.9. The van der Waals surface area contributed by atoms with Gasteiger partial charge in [-0.3, -0.25) is 14.4 Å². The van der Waals surface area contributed by atoms with E-state index in [4.69, 9.17) is 4.84 Å². The Kier molecular flexibility index (Phi) is 8.61. The molecule has 1 amide bonds. The first-order chi connectivity index (χ1) is 19.5. The molecule has 220 valence electrons. The Morgan fingerprint density at radius 1 is 1.22 bits per heavy atom. The number of aromatic nitrogens is 3. The van der Waals surface area contributed by atoms with Gasteiger partial charge in [0.05, 0.1) is 22.5 Å². The molecule has 1 saturated heterocycles. The molecule has 41 heavy (non-hydrogen) atoms. The summed E-state index contributed by atoms with van der Waals surface area (Å²) in [6, 6.07) is 4.10. The number of hydrogen-bond acceptors (Lipinski definition) is 7. The third-order valence-electron chi connectivity index (χ3n) is 6.98. The molecule has 2 aromatic heterocycles. The molecule has 0 spiro atoms. The minimum absolute atomic E-state index is 0.108. The van der Waals surface area contributed by atoms with Crippen molar-refractivity contribution in [3.8, 4) is 0 Å². The van der Waals surface area contributed by atoms with E-state index in [9.17, 15) is 35.7 Å². The lowest BCUT2D eigenvalue weighted by atomic mass is 9.97. The Hall–Kier alpha value is -3.11. The molecule has 4 heterocycles. The van der Waals surface area contributed by atoms with Crippen LogP contribution in [0, 0.1) is 11.6 Å². The molecule has 0 aliphatic carbocycles. The van der Waals surface area contributed by atoms with Crippen LogP contribution in [0.15, 0.2) is 34.8 Å². The van der Waals surface area contributed by atoms with Gasteiger partial charge >= 0.3 is 0 Å². The van der Waals surface area contributed by atoms with E-state index in [0.29, 0.717) is 33.6 Å². The maximum atomic E-state index is 14.2. The Bertz CT molecular complexity index is 1430. The number of oxime groups is 1. The molecular formula is C25H23F6N5O3S2. The highest BCUT2D eigenvalue weighted by Gasteiger charge is 2.40. The van der Waals surface area contributed by atoms with Gasteiger partial charge in [-0.15, -0.1) is 11.3 Å². The Morgan fingerprint density at radius 2 is 1.95 bits per heavy atom. The van der Waals surface area contributed by atoms with Crippen LogP contribution in [-0.2, 0) is 27.4 Å². The van der Waals surface area contributed by atoms with Crippen LogP contribution in [0.1, 0.15) is 71.8 Å². The van der Waals surface area contributed by atoms with Crippen molar-refractivity contribution >= 4 is 34.1 Å². The summed E-state index contributed by atoms with van der Waals surface area (Å²) in [7, 11) is 0. The van der Waals surface area contributed by atoms with E-state index >= 15 is 0 Å². The summed E-state index contributed by atoms with van der Waals surface area (Å²) in [5, 5.41) is 9.08. The SMILES string of the molecule is C[S+]([O-])C1CC(c2nc(C3=NOC(c4c(F)cccc4F)C3)cs2)CCN1C(=O)Cn1nc(C(F)F)cc1C(F)F. The molecule has 3 aromatic rings. The van der Waals surface area contributed by atoms with Gasteiger partial charge in [0.1, 0.15) is 35.3 Å². The van der Waals surface area contributed by atoms with Gasteiger partial charge in [-0.1, -0.05) is 11.2 Å². The van der Waals surface area contributed by atoms with Crippen molar-refractivity contribution in [1.82, 2.24) is 19.7 Å². The summed E-state index contributed by atoms with van der Waals surface area (Å²) in [5.74, 6) is -2.34. The molecule has 4 atom stereocenters. The maximum absolute atomic E-state index is 14.2. The summed E-state index contributed by atoms with van der Waals surface area (Å²) in [5.41, 5.74) is -0.977. The van der Waals surface area contributed by atoms with Crippen molar-refractivity contribution in [3.05, 3.63) is 68.9 Å². The second kappa shape index (κ2) is 12.0. The number of amides is 1. The first-order valence-electron chi connectivity index (χ1n) is 12.4. The average molecular weight is 620 g/mol. The van der Waals surface area contributed by atoms with Crippen molar-refractivity contribution < 1.29 is 40.5 Å². The van der Waals surface area contributed by atoms with E-state index < -0.39 is 71.0 Å². The lowest BCUT2D eigenvalue weighted by Crippen LogP contribution is -2.50. The lowest BCUT2D eigenvalue weighted by molar-refractivity contribution is -0.134. The first kappa shape index (κ1) is 29.4. The average Bonchev–Trinajstić information content (AvgIpc) is 3.68. The molecule has 1 fully saturated rings. The minimum atomic E-state index is -3.11. The predicted molar refractivity (Wildman–Crippen MR) is 137 cm³/mol. The molecule has 8 nitrogen and oxygen atoms in total. The highest BCUT2D eigenvalue weighted by Crippen LogP contribution is 2.38.